The molecule has 1 fully saturated rings. The fourth-order valence-electron chi connectivity index (χ4n) is 2.47. The molecule has 1 aliphatic heterocycles. The largest absolute Gasteiger partial charge is 0.456 e. The summed E-state index contributed by atoms with van der Waals surface area (Å²) in [6, 6.07) is 2.56. The molecule has 1 aliphatic rings. The SMILES string of the molecule is Cc1ccc(C(=O)N2CCOC[C@@H]2c2ncn(CC(F)(F)F)n2)o1. The second-order valence-electron chi connectivity index (χ2n) is 5.42. The van der Waals surface area contributed by atoms with Crippen LogP contribution < -0.4 is 0 Å². The zero-order chi connectivity index (χ0) is 17.3. The molecule has 1 saturated heterocycles. The Morgan fingerprint density at radius 2 is 2.21 bits per heavy atom. The highest BCUT2D eigenvalue weighted by atomic mass is 19.4. The summed E-state index contributed by atoms with van der Waals surface area (Å²) >= 11 is 0. The molecule has 130 valence electrons. The molecular weight excluding hydrogens is 329 g/mol. The monoisotopic (exact) mass is 344 g/mol. The number of carbonyl (C=O) groups is 1. The average Bonchev–Trinajstić information content (AvgIpc) is 3.14. The molecule has 2 aromatic heterocycles. The molecule has 1 amide bonds. The van der Waals surface area contributed by atoms with Gasteiger partial charge in [-0.15, -0.1) is 0 Å². The van der Waals surface area contributed by atoms with Crippen LogP contribution in [0.5, 0.6) is 0 Å². The van der Waals surface area contributed by atoms with Gasteiger partial charge in [0.2, 0.25) is 0 Å². The van der Waals surface area contributed by atoms with E-state index in [0.717, 1.165) is 6.33 Å². The minimum Gasteiger partial charge on any atom is -0.456 e. The molecule has 0 aromatic carbocycles. The maximum atomic E-state index is 12.6. The van der Waals surface area contributed by atoms with Crippen LogP contribution in [0.4, 0.5) is 13.2 Å². The van der Waals surface area contributed by atoms with Crippen molar-refractivity contribution in [2.45, 2.75) is 25.7 Å². The molecule has 0 N–H and O–H groups in total. The van der Waals surface area contributed by atoms with E-state index in [9.17, 15) is 18.0 Å². The van der Waals surface area contributed by atoms with Gasteiger partial charge in [-0.25, -0.2) is 9.67 Å². The second kappa shape index (κ2) is 6.27. The second-order valence-corrected chi connectivity index (χ2v) is 5.42. The molecule has 10 heteroatoms. The summed E-state index contributed by atoms with van der Waals surface area (Å²) in [5, 5.41) is 3.83. The van der Waals surface area contributed by atoms with Gasteiger partial charge in [-0.3, -0.25) is 4.79 Å². The number of hydrogen-bond acceptors (Lipinski definition) is 5. The van der Waals surface area contributed by atoms with E-state index < -0.39 is 18.8 Å². The summed E-state index contributed by atoms with van der Waals surface area (Å²) < 4.78 is 48.7. The topological polar surface area (TPSA) is 73.4 Å². The number of furan rings is 1. The number of aromatic nitrogens is 3. The summed E-state index contributed by atoms with van der Waals surface area (Å²) in [4.78, 5) is 17.9. The number of aryl methyl sites for hydroxylation is 1. The van der Waals surface area contributed by atoms with Crippen LogP contribution in [-0.4, -0.2) is 51.5 Å². The smallest absolute Gasteiger partial charge is 0.408 e. The van der Waals surface area contributed by atoms with E-state index in [4.69, 9.17) is 9.15 Å². The van der Waals surface area contributed by atoms with Gasteiger partial charge in [-0.05, 0) is 19.1 Å². The number of alkyl halides is 3. The third-order valence-corrected chi connectivity index (χ3v) is 3.53. The molecule has 1 atom stereocenters. The Morgan fingerprint density at radius 3 is 2.88 bits per heavy atom. The van der Waals surface area contributed by atoms with Crippen molar-refractivity contribution in [1.82, 2.24) is 19.7 Å². The van der Waals surface area contributed by atoms with Crippen molar-refractivity contribution in [3.63, 3.8) is 0 Å². The van der Waals surface area contributed by atoms with Gasteiger partial charge in [0.15, 0.2) is 11.6 Å². The Bertz CT molecular complexity index is 725. The zero-order valence-electron chi connectivity index (χ0n) is 12.8. The highest BCUT2D eigenvalue weighted by Crippen LogP contribution is 2.25. The number of hydrogen-bond donors (Lipinski definition) is 0. The number of amides is 1. The van der Waals surface area contributed by atoms with E-state index in [1.807, 2.05) is 0 Å². The van der Waals surface area contributed by atoms with Crippen LogP contribution in [0.25, 0.3) is 0 Å². The Balaban J connectivity index is 1.81. The quantitative estimate of drug-likeness (QED) is 0.851. The van der Waals surface area contributed by atoms with E-state index in [2.05, 4.69) is 10.1 Å². The first-order chi connectivity index (χ1) is 11.3. The number of halogens is 3. The van der Waals surface area contributed by atoms with Gasteiger partial charge in [0.05, 0.1) is 13.2 Å². The van der Waals surface area contributed by atoms with E-state index >= 15 is 0 Å². The molecule has 3 heterocycles. The Hall–Kier alpha value is -2.36. The van der Waals surface area contributed by atoms with Gasteiger partial charge in [0.25, 0.3) is 5.91 Å². The minimum absolute atomic E-state index is 0.107. The van der Waals surface area contributed by atoms with Crippen molar-refractivity contribution in [2.75, 3.05) is 19.8 Å². The van der Waals surface area contributed by atoms with Crippen molar-refractivity contribution in [1.29, 1.82) is 0 Å². The van der Waals surface area contributed by atoms with E-state index in [0.29, 0.717) is 17.0 Å². The van der Waals surface area contributed by atoms with Crippen LogP contribution in [0.15, 0.2) is 22.9 Å². The molecule has 0 spiro atoms. The lowest BCUT2D eigenvalue weighted by Gasteiger charge is -2.33. The Kier molecular flexibility index (Phi) is 4.31. The van der Waals surface area contributed by atoms with Crippen LogP contribution in [0, 0.1) is 6.92 Å². The highest BCUT2D eigenvalue weighted by Gasteiger charge is 2.34. The van der Waals surface area contributed by atoms with E-state index in [1.165, 1.54) is 4.90 Å². The standard InChI is InChI=1S/C14H15F3N4O3/c1-9-2-3-11(24-9)13(22)21-4-5-23-6-10(21)12-18-8-20(19-12)7-14(15,16)17/h2-3,8,10H,4-7H2,1H3/t10-/m1/s1. The van der Waals surface area contributed by atoms with Gasteiger partial charge >= 0.3 is 6.18 Å². The van der Waals surface area contributed by atoms with Crippen LogP contribution in [0.1, 0.15) is 28.2 Å². The first-order valence-corrected chi connectivity index (χ1v) is 7.25. The van der Waals surface area contributed by atoms with Gasteiger partial charge < -0.3 is 14.1 Å². The molecule has 0 radical (unpaired) electrons. The number of rotatable bonds is 3. The predicted molar refractivity (Wildman–Crippen MR) is 74.1 cm³/mol. The lowest BCUT2D eigenvalue weighted by molar-refractivity contribution is -0.142. The zero-order valence-corrected chi connectivity index (χ0v) is 12.8. The van der Waals surface area contributed by atoms with Crippen LogP contribution >= 0.6 is 0 Å². The van der Waals surface area contributed by atoms with Crippen molar-refractivity contribution >= 4 is 5.91 Å². The van der Waals surface area contributed by atoms with Gasteiger partial charge in [-0.1, -0.05) is 0 Å². The molecule has 3 rings (SSSR count). The molecule has 0 aliphatic carbocycles. The lowest BCUT2D eigenvalue weighted by Crippen LogP contribution is -2.43. The lowest BCUT2D eigenvalue weighted by atomic mass is 10.2. The Labute approximate surface area is 135 Å². The summed E-state index contributed by atoms with van der Waals surface area (Å²) in [5.74, 6) is 0.490. The van der Waals surface area contributed by atoms with Gasteiger partial charge in [0, 0.05) is 6.54 Å². The number of morpholine rings is 1. The normalized spacial score (nSPS) is 18.8. The average molecular weight is 344 g/mol. The summed E-state index contributed by atoms with van der Waals surface area (Å²) in [6.07, 6.45) is -3.40. The molecule has 0 unspecified atom stereocenters. The van der Waals surface area contributed by atoms with E-state index in [-0.39, 0.29) is 30.6 Å². The fourth-order valence-corrected chi connectivity index (χ4v) is 2.47. The first-order valence-electron chi connectivity index (χ1n) is 7.25. The van der Waals surface area contributed by atoms with Gasteiger partial charge in [0.1, 0.15) is 24.7 Å². The van der Waals surface area contributed by atoms with Crippen LogP contribution in [0.2, 0.25) is 0 Å². The highest BCUT2D eigenvalue weighted by molar-refractivity contribution is 5.91. The molecule has 0 saturated carbocycles. The number of nitrogens with zero attached hydrogens (tertiary/aromatic N) is 4. The molecule has 0 bridgehead atoms. The molecule has 24 heavy (non-hydrogen) atoms. The molecule has 7 nitrogen and oxygen atoms in total. The predicted octanol–water partition coefficient (Wildman–Crippen LogP) is 1.96. The minimum atomic E-state index is -4.39. The van der Waals surface area contributed by atoms with Crippen molar-refractivity contribution < 1.29 is 27.1 Å². The molecule has 2 aromatic rings. The maximum absolute atomic E-state index is 12.6. The van der Waals surface area contributed by atoms with Gasteiger partial charge in [-0.2, -0.15) is 18.3 Å². The summed E-state index contributed by atoms with van der Waals surface area (Å²) in [5.41, 5.74) is 0. The van der Waals surface area contributed by atoms with Crippen LogP contribution in [-0.2, 0) is 11.3 Å². The number of ether oxygens (including phenoxy) is 1. The first kappa shape index (κ1) is 16.5. The van der Waals surface area contributed by atoms with Crippen molar-refractivity contribution in [3.05, 3.63) is 35.8 Å². The summed E-state index contributed by atoms with van der Waals surface area (Å²) in [6.45, 7) is 1.19. The Morgan fingerprint density at radius 1 is 1.42 bits per heavy atom. The maximum Gasteiger partial charge on any atom is 0.408 e. The van der Waals surface area contributed by atoms with Crippen molar-refractivity contribution in [2.24, 2.45) is 0 Å². The van der Waals surface area contributed by atoms with Crippen molar-refractivity contribution in [3.8, 4) is 0 Å². The number of carbonyl (C=O) groups excluding carboxylic acids is 1. The van der Waals surface area contributed by atoms with Crippen LogP contribution in [0.3, 0.4) is 0 Å². The third-order valence-electron chi connectivity index (χ3n) is 3.53. The fraction of sp³-hybridized carbons (Fsp3) is 0.500. The third kappa shape index (κ3) is 3.58. The molecular formula is C14H15F3N4O3. The van der Waals surface area contributed by atoms with E-state index in [1.54, 1.807) is 19.1 Å². The summed E-state index contributed by atoms with van der Waals surface area (Å²) in [7, 11) is 0.